The standard InChI is InChI=1S/C11H14Cl2O3/c1-15-4-5-16-7-11(14)8-2-3-9(12)10(13)6-8/h2-3,6,11,14H,4-5,7H2,1H3. The number of methoxy groups -OCH3 is 1. The Labute approximate surface area is 105 Å². The first kappa shape index (κ1) is 13.7. The summed E-state index contributed by atoms with van der Waals surface area (Å²) >= 11 is 11.6. The molecule has 0 bridgehead atoms. The highest BCUT2D eigenvalue weighted by Crippen LogP contribution is 2.25. The van der Waals surface area contributed by atoms with Crippen molar-refractivity contribution < 1.29 is 14.6 Å². The number of hydrogen-bond donors (Lipinski definition) is 1. The molecule has 90 valence electrons. The molecule has 1 rings (SSSR count). The Balaban J connectivity index is 2.46. The second-order valence-corrected chi connectivity index (χ2v) is 4.07. The first-order valence-corrected chi connectivity index (χ1v) is 5.60. The zero-order chi connectivity index (χ0) is 12.0. The molecule has 5 heteroatoms. The minimum Gasteiger partial charge on any atom is -0.386 e. The van der Waals surface area contributed by atoms with Gasteiger partial charge in [0.1, 0.15) is 6.10 Å². The van der Waals surface area contributed by atoms with Gasteiger partial charge in [0.2, 0.25) is 0 Å². The molecule has 1 N–H and O–H groups in total. The zero-order valence-corrected chi connectivity index (χ0v) is 10.5. The zero-order valence-electron chi connectivity index (χ0n) is 8.95. The van der Waals surface area contributed by atoms with E-state index in [0.717, 1.165) is 0 Å². The van der Waals surface area contributed by atoms with Crippen molar-refractivity contribution in [3.63, 3.8) is 0 Å². The Bertz CT molecular complexity index is 331. The van der Waals surface area contributed by atoms with Gasteiger partial charge in [0.25, 0.3) is 0 Å². The van der Waals surface area contributed by atoms with Crippen LogP contribution in [0.1, 0.15) is 11.7 Å². The summed E-state index contributed by atoms with van der Waals surface area (Å²) in [6.45, 7) is 1.17. The fourth-order valence-electron chi connectivity index (χ4n) is 1.15. The Morgan fingerprint density at radius 1 is 1.25 bits per heavy atom. The highest BCUT2D eigenvalue weighted by molar-refractivity contribution is 6.42. The average Bonchev–Trinajstić information content (AvgIpc) is 2.28. The van der Waals surface area contributed by atoms with Gasteiger partial charge in [-0.05, 0) is 17.7 Å². The summed E-state index contributed by atoms with van der Waals surface area (Å²) in [6.07, 6.45) is -0.702. The lowest BCUT2D eigenvalue weighted by molar-refractivity contribution is 0.0126. The van der Waals surface area contributed by atoms with Crippen LogP contribution in [0.2, 0.25) is 10.0 Å². The van der Waals surface area contributed by atoms with Gasteiger partial charge in [0.15, 0.2) is 0 Å². The first-order valence-electron chi connectivity index (χ1n) is 4.85. The topological polar surface area (TPSA) is 38.7 Å². The molecule has 3 nitrogen and oxygen atoms in total. The maximum absolute atomic E-state index is 9.77. The van der Waals surface area contributed by atoms with Gasteiger partial charge >= 0.3 is 0 Å². The molecule has 0 aliphatic rings. The molecular formula is C11H14Cl2O3. The van der Waals surface area contributed by atoms with Gasteiger partial charge in [-0.25, -0.2) is 0 Å². The van der Waals surface area contributed by atoms with Gasteiger partial charge in [-0.15, -0.1) is 0 Å². The Kier molecular flexibility index (Phi) is 6.09. The number of hydrogen-bond acceptors (Lipinski definition) is 3. The van der Waals surface area contributed by atoms with Crippen molar-refractivity contribution in [1.29, 1.82) is 0 Å². The summed E-state index contributed by atoms with van der Waals surface area (Å²) in [5.41, 5.74) is 0.687. The van der Waals surface area contributed by atoms with Gasteiger partial charge in [-0.3, -0.25) is 0 Å². The quantitative estimate of drug-likeness (QED) is 0.804. The van der Waals surface area contributed by atoms with E-state index in [0.29, 0.717) is 28.8 Å². The van der Waals surface area contributed by atoms with Crippen LogP contribution in [0.15, 0.2) is 18.2 Å². The molecule has 0 saturated heterocycles. The predicted molar refractivity (Wildman–Crippen MR) is 64.1 cm³/mol. The van der Waals surface area contributed by atoms with Gasteiger partial charge in [0, 0.05) is 7.11 Å². The maximum Gasteiger partial charge on any atom is 0.102 e. The van der Waals surface area contributed by atoms with E-state index in [9.17, 15) is 5.11 Å². The van der Waals surface area contributed by atoms with Crippen molar-refractivity contribution in [2.45, 2.75) is 6.10 Å². The van der Waals surface area contributed by atoms with Gasteiger partial charge < -0.3 is 14.6 Å². The van der Waals surface area contributed by atoms with E-state index in [1.165, 1.54) is 0 Å². The number of aliphatic hydroxyl groups excluding tert-OH is 1. The van der Waals surface area contributed by atoms with E-state index in [1.54, 1.807) is 25.3 Å². The molecule has 1 unspecified atom stereocenters. The van der Waals surface area contributed by atoms with E-state index in [2.05, 4.69) is 0 Å². The van der Waals surface area contributed by atoms with Crippen LogP contribution in [0, 0.1) is 0 Å². The third-order valence-corrected chi connectivity index (χ3v) is 2.77. The van der Waals surface area contributed by atoms with Crippen LogP contribution in [0.3, 0.4) is 0 Å². The van der Waals surface area contributed by atoms with Crippen LogP contribution in [-0.4, -0.2) is 32.0 Å². The summed E-state index contributed by atoms with van der Waals surface area (Å²) in [4.78, 5) is 0. The van der Waals surface area contributed by atoms with Crippen molar-refractivity contribution in [2.75, 3.05) is 26.9 Å². The molecule has 16 heavy (non-hydrogen) atoms. The first-order chi connectivity index (χ1) is 7.65. The molecule has 0 aliphatic heterocycles. The predicted octanol–water partition coefficient (Wildman–Crippen LogP) is 2.69. The van der Waals surface area contributed by atoms with Gasteiger partial charge in [0.05, 0.1) is 29.9 Å². The third kappa shape index (κ3) is 4.28. The minimum atomic E-state index is -0.702. The van der Waals surface area contributed by atoms with E-state index in [4.69, 9.17) is 32.7 Å². The molecule has 1 aromatic carbocycles. The van der Waals surface area contributed by atoms with Crippen molar-refractivity contribution in [3.8, 4) is 0 Å². The Morgan fingerprint density at radius 2 is 2.00 bits per heavy atom. The molecule has 0 heterocycles. The second-order valence-electron chi connectivity index (χ2n) is 3.26. The average molecular weight is 265 g/mol. The minimum absolute atomic E-state index is 0.210. The molecule has 0 saturated carbocycles. The normalized spacial score (nSPS) is 12.8. The fourth-order valence-corrected chi connectivity index (χ4v) is 1.46. The second kappa shape index (κ2) is 7.09. The Hall–Kier alpha value is -0.320. The number of halogens is 2. The maximum atomic E-state index is 9.77. The molecule has 0 amide bonds. The van der Waals surface area contributed by atoms with E-state index < -0.39 is 6.10 Å². The largest absolute Gasteiger partial charge is 0.386 e. The Morgan fingerprint density at radius 3 is 2.62 bits per heavy atom. The number of rotatable bonds is 6. The third-order valence-electron chi connectivity index (χ3n) is 2.04. The van der Waals surface area contributed by atoms with Gasteiger partial charge in [-0.1, -0.05) is 29.3 Å². The van der Waals surface area contributed by atoms with Crippen molar-refractivity contribution in [2.24, 2.45) is 0 Å². The molecule has 1 aromatic rings. The summed E-state index contributed by atoms with van der Waals surface area (Å²) in [5, 5.41) is 10.7. The van der Waals surface area contributed by atoms with Crippen molar-refractivity contribution in [3.05, 3.63) is 33.8 Å². The van der Waals surface area contributed by atoms with Crippen LogP contribution in [0.25, 0.3) is 0 Å². The summed E-state index contributed by atoms with van der Waals surface area (Å²) in [5.74, 6) is 0. The van der Waals surface area contributed by atoms with Crippen LogP contribution in [-0.2, 0) is 9.47 Å². The van der Waals surface area contributed by atoms with Crippen LogP contribution in [0.5, 0.6) is 0 Å². The van der Waals surface area contributed by atoms with Gasteiger partial charge in [-0.2, -0.15) is 0 Å². The van der Waals surface area contributed by atoms with E-state index >= 15 is 0 Å². The highest BCUT2D eigenvalue weighted by atomic mass is 35.5. The molecular weight excluding hydrogens is 251 g/mol. The smallest absolute Gasteiger partial charge is 0.102 e. The summed E-state index contributed by atoms with van der Waals surface area (Å²) in [6, 6.07) is 5.00. The fraction of sp³-hybridized carbons (Fsp3) is 0.455. The van der Waals surface area contributed by atoms with Crippen LogP contribution in [0.4, 0.5) is 0 Å². The number of ether oxygens (including phenoxy) is 2. The highest BCUT2D eigenvalue weighted by Gasteiger charge is 2.09. The van der Waals surface area contributed by atoms with Crippen LogP contribution >= 0.6 is 23.2 Å². The summed E-state index contributed by atoms with van der Waals surface area (Å²) < 4.78 is 10.0. The van der Waals surface area contributed by atoms with Crippen molar-refractivity contribution >= 4 is 23.2 Å². The van der Waals surface area contributed by atoms with E-state index in [-0.39, 0.29) is 6.61 Å². The lowest BCUT2D eigenvalue weighted by Crippen LogP contribution is -2.10. The monoisotopic (exact) mass is 264 g/mol. The van der Waals surface area contributed by atoms with Crippen molar-refractivity contribution in [1.82, 2.24) is 0 Å². The summed E-state index contributed by atoms with van der Waals surface area (Å²) in [7, 11) is 1.60. The molecule has 0 aliphatic carbocycles. The molecule has 0 fully saturated rings. The van der Waals surface area contributed by atoms with Crippen LogP contribution < -0.4 is 0 Å². The van der Waals surface area contributed by atoms with E-state index in [1.807, 2.05) is 0 Å². The SMILES string of the molecule is COCCOCC(O)c1ccc(Cl)c(Cl)c1. The molecule has 1 atom stereocenters. The lowest BCUT2D eigenvalue weighted by Gasteiger charge is -2.12. The molecule has 0 aromatic heterocycles. The molecule has 0 radical (unpaired) electrons. The number of aliphatic hydroxyl groups is 1. The lowest BCUT2D eigenvalue weighted by atomic mass is 10.1. The molecule has 0 spiro atoms. The number of benzene rings is 1.